The molecule has 3 rings (SSSR count). The number of hydrogen-bond acceptors (Lipinski definition) is 4. The minimum atomic E-state index is -0.195. The number of carbonyl (C=O) groups is 1. The van der Waals surface area contributed by atoms with Crippen LogP contribution < -0.4 is 11.1 Å². The number of benzene rings is 1. The summed E-state index contributed by atoms with van der Waals surface area (Å²) in [5.74, 6) is -0.195. The maximum Gasteiger partial charge on any atom is 0.267 e. The van der Waals surface area contributed by atoms with E-state index in [2.05, 4.69) is 17.2 Å². The zero-order valence-electron chi connectivity index (χ0n) is 11.6. The highest BCUT2D eigenvalue weighted by Crippen LogP contribution is 2.32. The number of hydrogen-bond donors (Lipinski definition) is 2. The van der Waals surface area contributed by atoms with E-state index in [9.17, 15) is 4.79 Å². The summed E-state index contributed by atoms with van der Waals surface area (Å²) in [4.78, 5) is 17.1. The van der Waals surface area contributed by atoms with Crippen LogP contribution in [-0.2, 0) is 6.42 Å². The van der Waals surface area contributed by atoms with E-state index in [1.54, 1.807) is 6.20 Å². The van der Waals surface area contributed by atoms with Crippen molar-refractivity contribution in [3.63, 3.8) is 0 Å². The minimum Gasteiger partial charge on any atom is -0.396 e. The third kappa shape index (κ3) is 2.60. The molecule has 3 N–H and O–H groups in total. The average molecular weight is 297 g/mol. The van der Waals surface area contributed by atoms with Gasteiger partial charge < -0.3 is 11.1 Å². The lowest BCUT2D eigenvalue weighted by Gasteiger charge is -2.05. The van der Waals surface area contributed by atoms with Gasteiger partial charge >= 0.3 is 0 Å². The van der Waals surface area contributed by atoms with Crippen molar-refractivity contribution >= 4 is 38.8 Å². The second kappa shape index (κ2) is 5.54. The molecule has 0 aliphatic carbocycles. The van der Waals surface area contributed by atoms with Gasteiger partial charge in [-0.2, -0.15) is 0 Å². The quantitative estimate of drug-likeness (QED) is 0.774. The van der Waals surface area contributed by atoms with Crippen molar-refractivity contribution in [2.45, 2.75) is 13.3 Å². The summed E-state index contributed by atoms with van der Waals surface area (Å²) < 4.78 is 0.918. The highest BCUT2D eigenvalue weighted by molar-refractivity contribution is 7.21. The second-order valence-corrected chi connectivity index (χ2v) is 5.75. The van der Waals surface area contributed by atoms with E-state index in [1.165, 1.54) is 16.9 Å². The number of nitrogens with one attached hydrogen (secondary N) is 1. The Balaban J connectivity index is 1.87. The van der Waals surface area contributed by atoms with E-state index in [4.69, 9.17) is 5.73 Å². The molecular weight excluding hydrogens is 282 g/mol. The molecule has 3 aromatic rings. The molecule has 4 nitrogen and oxygen atoms in total. The molecule has 0 aliphatic rings. The highest BCUT2D eigenvalue weighted by atomic mass is 32.1. The molecule has 0 unspecified atom stereocenters. The van der Waals surface area contributed by atoms with E-state index in [-0.39, 0.29) is 5.91 Å². The van der Waals surface area contributed by atoms with Crippen molar-refractivity contribution in [1.29, 1.82) is 0 Å². The lowest BCUT2D eigenvalue weighted by Crippen LogP contribution is -2.11. The Morgan fingerprint density at radius 2 is 2.05 bits per heavy atom. The van der Waals surface area contributed by atoms with Crippen LogP contribution >= 0.6 is 11.3 Å². The number of carbonyl (C=O) groups excluding carboxylic acids is 1. The van der Waals surface area contributed by atoms with Crippen LogP contribution in [0.2, 0.25) is 0 Å². The molecule has 0 bridgehead atoms. The van der Waals surface area contributed by atoms with Gasteiger partial charge in [-0.15, -0.1) is 11.3 Å². The van der Waals surface area contributed by atoms with Gasteiger partial charge in [-0.3, -0.25) is 9.78 Å². The first kappa shape index (κ1) is 13.6. The number of anilines is 2. The van der Waals surface area contributed by atoms with Crippen LogP contribution in [0.15, 0.2) is 42.6 Å². The van der Waals surface area contributed by atoms with Crippen LogP contribution in [0, 0.1) is 0 Å². The van der Waals surface area contributed by atoms with Crippen molar-refractivity contribution in [2.75, 3.05) is 11.1 Å². The molecule has 1 aromatic carbocycles. The predicted molar refractivity (Wildman–Crippen MR) is 87.8 cm³/mol. The summed E-state index contributed by atoms with van der Waals surface area (Å²) in [7, 11) is 0. The number of thiophene rings is 1. The molecule has 0 fully saturated rings. The van der Waals surface area contributed by atoms with Crippen LogP contribution in [0.5, 0.6) is 0 Å². The summed E-state index contributed by atoms with van der Waals surface area (Å²) in [5, 5.41) is 2.88. The fraction of sp³-hybridized carbons (Fsp3) is 0.125. The van der Waals surface area contributed by atoms with Crippen LogP contribution in [-0.4, -0.2) is 10.9 Å². The summed E-state index contributed by atoms with van der Waals surface area (Å²) in [5.41, 5.74) is 9.16. The monoisotopic (exact) mass is 297 g/mol. The van der Waals surface area contributed by atoms with Gasteiger partial charge in [0.2, 0.25) is 0 Å². The van der Waals surface area contributed by atoms with Crippen LogP contribution in [0.4, 0.5) is 11.4 Å². The fourth-order valence-electron chi connectivity index (χ4n) is 2.13. The Bertz CT molecular complexity index is 793. The number of fused-ring (bicyclic) bond motifs is 1. The first-order valence-corrected chi connectivity index (χ1v) is 7.54. The van der Waals surface area contributed by atoms with Crippen LogP contribution in [0.1, 0.15) is 22.2 Å². The number of aromatic nitrogens is 1. The van der Waals surface area contributed by atoms with Gasteiger partial charge in [-0.25, -0.2) is 0 Å². The number of pyridine rings is 1. The Morgan fingerprint density at radius 1 is 1.29 bits per heavy atom. The number of amides is 1. The molecule has 0 radical (unpaired) electrons. The van der Waals surface area contributed by atoms with Crippen molar-refractivity contribution < 1.29 is 4.79 Å². The summed E-state index contributed by atoms with van der Waals surface area (Å²) in [6, 6.07) is 11.6. The van der Waals surface area contributed by atoms with Gasteiger partial charge in [0.1, 0.15) is 10.4 Å². The average Bonchev–Trinajstić information content (AvgIpc) is 2.86. The summed E-state index contributed by atoms with van der Waals surface area (Å²) in [6.45, 7) is 2.10. The number of rotatable bonds is 3. The molecule has 21 heavy (non-hydrogen) atoms. The van der Waals surface area contributed by atoms with Gasteiger partial charge in [0.15, 0.2) is 0 Å². The van der Waals surface area contributed by atoms with Crippen LogP contribution in [0.25, 0.3) is 10.2 Å². The lowest BCUT2D eigenvalue weighted by molar-refractivity contribution is 0.103. The fourth-order valence-corrected chi connectivity index (χ4v) is 3.10. The number of nitrogens with zero attached hydrogens (tertiary/aromatic N) is 1. The van der Waals surface area contributed by atoms with Gasteiger partial charge in [0.05, 0.1) is 10.4 Å². The second-order valence-electron chi connectivity index (χ2n) is 4.70. The number of nitrogen functional groups attached to an aromatic ring is 1. The summed E-state index contributed by atoms with van der Waals surface area (Å²) >= 11 is 1.36. The molecule has 0 saturated heterocycles. The van der Waals surface area contributed by atoms with Crippen molar-refractivity contribution in [1.82, 2.24) is 4.98 Å². The lowest BCUT2D eigenvalue weighted by atomic mass is 10.1. The summed E-state index contributed by atoms with van der Waals surface area (Å²) in [6.07, 6.45) is 2.65. The maximum absolute atomic E-state index is 12.4. The van der Waals surface area contributed by atoms with Gasteiger partial charge in [-0.1, -0.05) is 19.1 Å². The molecule has 2 heterocycles. The molecule has 0 spiro atoms. The Morgan fingerprint density at radius 3 is 2.71 bits per heavy atom. The van der Waals surface area contributed by atoms with E-state index in [1.807, 2.05) is 36.4 Å². The van der Waals surface area contributed by atoms with E-state index in [0.717, 1.165) is 16.8 Å². The van der Waals surface area contributed by atoms with Crippen molar-refractivity contribution in [2.24, 2.45) is 0 Å². The molecule has 106 valence electrons. The molecule has 5 heteroatoms. The Hall–Kier alpha value is -2.40. The molecule has 1 amide bonds. The standard InChI is InChI=1S/C16H15N3OS/c1-2-10-5-7-11(8-6-10)19-16(20)15-13(17)14-12(21-15)4-3-9-18-14/h3-9H,2,17H2,1H3,(H,19,20). The Kier molecular flexibility index (Phi) is 3.58. The first-order chi connectivity index (χ1) is 10.2. The number of aryl methyl sites for hydroxylation is 1. The van der Waals surface area contributed by atoms with Crippen LogP contribution in [0.3, 0.4) is 0 Å². The Labute approximate surface area is 126 Å². The molecule has 0 aliphatic heterocycles. The zero-order chi connectivity index (χ0) is 14.8. The predicted octanol–water partition coefficient (Wildman–Crippen LogP) is 3.69. The third-order valence-corrected chi connectivity index (χ3v) is 4.47. The highest BCUT2D eigenvalue weighted by Gasteiger charge is 2.17. The molecule has 2 aromatic heterocycles. The van der Waals surface area contributed by atoms with Crippen molar-refractivity contribution in [3.05, 3.63) is 53.0 Å². The van der Waals surface area contributed by atoms with E-state index < -0.39 is 0 Å². The number of nitrogens with two attached hydrogens (primary N) is 1. The third-order valence-electron chi connectivity index (χ3n) is 3.31. The normalized spacial score (nSPS) is 10.7. The smallest absolute Gasteiger partial charge is 0.267 e. The first-order valence-electron chi connectivity index (χ1n) is 6.72. The van der Waals surface area contributed by atoms with E-state index >= 15 is 0 Å². The van der Waals surface area contributed by atoms with E-state index in [0.29, 0.717) is 16.1 Å². The molecule has 0 atom stereocenters. The van der Waals surface area contributed by atoms with Gasteiger partial charge in [0.25, 0.3) is 5.91 Å². The molecular formula is C16H15N3OS. The maximum atomic E-state index is 12.4. The topological polar surface area (TPSA) is 68.0 Å². The molecule has 0 saturated carbocycles. The van der Waals surface area contributed by atoms with Crippen molar-refractivity contribution in [3.8, 4) is 0 Å². The minimum absolute atomic E-state index is 0.195. The largest absolute Gasteiger partial charge is 0.396 e. The van der Waals surface area contributed by atoms with Gasteiger partial charge in [0, 0.05) is 11.9 Å². The zero-order valence-corrected chi connectivity index (χ0v) is 12.4. The van der Waals surface area contributed by atoms with Gasteiger partial charge in [-0.05, 0) is 36.2 Å². The SMILES string of the molecule is CCc1ccc(NC(=O)c2sc3cccnc3c2N)cc1.